The average molecular weight is 312 g/mol. The second-order valence-corrected chi connectivity index (χ2v) is 5.13. The molecule has 8 heteroatoms. The van der Waals surface area contributed by atoms with E-state index < -0.39 is 17.9 Å². The lowest BCUT2D eigenvalue weighted by atomic mass is 10.0. The van der Waals surface area contributed by atoms with E-state index in [4.69, 9.17) is 0 Å². The zero-order valence-electron chi connectivity index (χ0n) is 13.7. The molecule has 2 atom stereocenters. The summed E-state index contributed by atoms with van der Waals surface area (Å²) in [7, 11) is 6.00. The van der Waals surface area contributed by atoms with Crippen LogP contribution in [0.25, 0.3) is 0 Å². The highest BCUT2D eigenvalue weighted by Gasteiger charge is 2.27. The average Bonchev–Trinajstić information content (AvgIpc) is 2.45. The van der Waals surface area contributed by atoms with Crippen molar-refractivity contribution in [1.82, 2.24) is 15.5 Å². The maximum Gasteiger partial charge on any atom is 0.245 e. The molecule has 2 N–H and O–H groups in total. The second-order valence-electron chi connectivity index (χ2n) is 5.13. The number of amides is 3. The van der Waals surface area contributed by atoms with E-state index in [1.807, 2.05) is 0 Å². The summed E-state index contributed by atoms with van der Waals surface area (Å²) in [5.74, 6) is -2.09. The van der Waals surface area contributed by atoms with Crippen molar-refractivity contribution >= 4 is 29.7 Å². The van der Waals surface area contributed by atoms with Crippen molar-refractivity contribution in [3.8, 4) is 0 Å². The molecule has 124 valence electrons. The van der Waals surface area contributed by atoms with Crippen LogP contribution in [0.3, 0.4) is 0 Å². The Balaban J connectivity index is 4.83. The van der Waals surface area contributed by atoms with Crippen molar-refractivity contribution in [2.24, 2.45) is 10.9 Å². The molecule has 0 radical (unpaired) electrons. The number of carbonyl (C=O) groups excluding carboxylic acids is 4. The Morgan fingerprint density at radius 2 is 1.77 bits per heavy atom. The molecule has 22 heavy (non-hydrogen) atoms. The highest BCUT2D eigenvalue weighted by molar-refractivity contribution is 6.27. The highest BCUT2D eigenvalue weighted by atomic mass is 16.2. The number of nitrogens with zero attached hydrogens (tertiary/aromatic N) is 2. The van der Waals surface area contributed by atoms with E-state index >= 15 is 0 Å². The molecule has 0 aromatic heterocycles. The number of likely N-dealkylation sites (N-methyl/N-ethyl adjacent to an activating group) is 1. The third-order valence-corrected chi connectivity index (χ3v) is 2.95. The summed E-state index contributed by atoms with van der Waals surface area (Å²) in [4.78, 5) is 51.9. The van der Waals surface area contributed by atoms with E-state index in [0.29, 0.717) is 0 Å². The highest BCUT2D eigenvalue weighted by Crippen LogP contribution is 2.05. The quantitative estimate of drug-likeness (QED) is 0.560. The number of hydrogen-bond donors (Lipinski definition) is 2. The van der Waals surface area contributed by atoms with Gasteiger partial charge in [0, 0.05) is 40.5 Å². The van der Waals surface area contributed by atoms with Crippen LogP contribution in [0.15, 0.2) is 4.99 Å². The van der Waals surface area contributed by atoms with Gasteiger partial charge in [0.15, 0.2) is 5.78 Å². The Morgan fingerprint density at radius 3 is 2.23 bits per heavy atom. The molecular formula is C14H24N4O4. The summed E-state index contributed by atoms with van der Waals surface area (Å²) in [6.45, 7) is 1.58. The lowest BCUT2D eigenvalue weighted by Gasteiger charge is -2.22. The van der Waals surface area contributed by atoms with Crippen molar-refractivity contribution in [2.75, 3.05) is 28.2 Å². The minimum absolute atomic E-state index is 0.00791. The summed E-state index contributed by atoms with van der Waals surface area (Å²) in [5.41, 5.74) is 0. The molecule has 8 nitrogen and oxygen atoms in total. The summed E-state index contributed by atoms with van der Waals surface area (Å²) in [5, 5.41) is 4.93. The molecule has 0 aromatic rings. The van der Waals surface area contributed by atoms with Crippen LogP contribution in [0, 0.1) is 5.92 Å². The lowest BCUT2D eigenvalue weighted by Crippen LogP contribution is -2.49. The maximum absolute atomic E-state index is 12.1. The monoisotopic (exact) mass is 312 g/mol. The zero-order chi connectivity index (χ0) is 17.3. The SMILES string of the molecule is CN=CC(=O)CC(C)C(=O)NC(CC(=O)NC)C(=O)N(C)C. The second kappa shape index (κ2) is 9.64. The van der Waals surface area contributed by atoms with Gasteiger partial charge in [0.1, 0.15) is 6.04 Å². The molecule has 3 amide bonds. The number of ketones is 1. The summed E-state index contributed by atoms with van der Waals surface area (Å²) >= 11 is 0. The molecule has 0 saturated carbocycles. The Bertz CT molecular complexity index is 460. The zero-order valence-corrected chi connectivity index (χ0v) is 13.7. The molecular weight excluding hydrogens is 288 g/mol. The van der Waals surface area contributed by atoms with Crippen molar-refractivity contribution < 1.29 is 19.2 Å². The van der Waals surface area contributed by atoms with Gasteiger partial charge in [0.05, 0.1) is 12.6 Å². The lowest BCUT2D eigenvalue weighted by molar-refractivity contribution is -0.137. The van der Waals surface area contributed by atoms with Crippen molar-refractivity contribution in [2.45, 2.75) is 25.8 Å². The van der Waals surface area contributed by atoms with E-state index in [2.05, 4.69) is 15.6 Å². The largest absolute Gasteiger partial charge is 0.359 e. The molecule has 2 unspecified atom stereocenters. The molecule has 0 fully saturated rings. The van der Waals surface area contributed by atoms with Gasteiger partial charge in [-0.1, -0.05) is 6.92 Å². The number of carbonyl (C=O) groups is 4. The van der Waals surface area contributed by atoms with Gasteiger partial charge >= 0.3 is 0 Å². The van der Waals surface area contributed by atoms with Crippen LogP contribution in [0.4, 0.5) is 0 Å². The molecule has 0 bridgehead atoms. The third-order valence-electron chi connectivity index (χ3n) is 2.95. The Morgan fingerprint density at radius 1 is 1.18 bits per heavy atom. The van der Waals surface area contributed by atoms with E-state index in [1.165, 1.54) is 33.1 Å². The van der Waals surface area contributed by atoms with Crippen molar-refractivity contribution in [3.63, 3.8) is 0 Å². The molecule has 0 aliphatic carbocycles. The van der Waals surface area contributed by atoms with Gasteiger partial charge in [0.2, 0.25) is 17.7 Å². The summed E-state index contributed by atoms with van der Waals surface area (Å²) in [6, 6.07) is -0.958. The molecule has 0 spiro atoms. The molecule has 0 heterocycles. The van der Waals surface area contributed by atoms with Crippen molar-refractivity contribution in [3.05, 3.63) is 0 Å². The van der Waals surface area contributed by atoms with Gasteiger partial charge in [0.25, 0.3) is 0 Å². The topological polar surface area (TPSA) is 108 Å². The smallest absolute Gasteiger partial charge is 0.245 e. The van der Waals surface area contributed by atoms with Crippen LogP contribution in [-0.4, -0.2) is 68.9 Å². The first kappa shape index (κ1) is 19.8. The molecule has 0 saturated heterocycles. The summed E-state index contributed by atoms with van der Waals surface area (Å²) in [6.07, 6.45) is 0.985. The maximum atomic E-state index is 12.1. The van der Waals surface area contributed by atoms with Gasteiger partial charge in [-0.3, -0.25) is 24.2 Å². The minimum atomic E-state index is -0.958. The Kier molecular flexibility index (Phi) is 8.66. The molecule has 0 aliphatic rings. The van der Waals surface area contributed by atoms with Crippen LogP contribution in [0.5, 0.6) is 0 Å². The van der Waals surface area contributed by atoms with Gasteiger partial charge < -0.3 is 15.5 Å². The van der Waals surface area contributed by atoms with Crippen LogP contribution in [0.2, 0.25) is 0 Å². The fraction of sp³-hybridized carbons (Fsp3) is 0.643. The Labute approximate surface area is 130 Å². The van der Waals surface area contributed by atoms with Gasteiger partial charge in [-0.05, 0) is 0 Å². The molecule has 0 rings (SSSR count). The van der Waals surface area contributed by atoms with Gasteiger partial charge in [-0.25, -0.2) is 0 Å². The number of aliphatic imine (C=N–C) groups is 1. The Hall–Kier alpha value is -2.25. The normalized spacial score (nSPS) is 13.3. The standard InChI is InChI=1S/C14H24N4O4/c1-9(6-10(19)8-15-2)13(21)17-11(7-12(20)16-3)14(22)18(4)5/h8-9,11H,6-7H2,1-5H3,(H,16,20)(H,17,21). The minimum Gasteiger partial charge on any atom is -0.359 e. The van der Waals surface area contributed by atoms with E-state index in [0.717, 1.165) is 6.21 Å². The third kappa shape index (κ3) is 6.96. The fourth-order valence-electron chi connectivity index (χ4n) is 1.70. The van der Waals surface area contributed by atoms with Crippen LogP contribution >= 0.6 is 0 Å². The summed E-state index contributed by atoms with van der Waals surface area (Å²) < 4.78 is 0. The number of hydrogen-bond acceptors (Lipinski definition) is 5. The predicted octanol–water partition coefficient (Wildman–Crippen LogP) is -1.01. The predicted molar refractivity (Wildman–Crippen MR) is 82.5 cm³/mol. The van der Waals surface area contributed by atoms with E-state index in [9.17, 15) is 19.2 Å². The number of rotatable bonds is 8. The van der Waals surface area contributed by atoms with Crippen LogP contribution in [-0.2, 0) is 19.2 Å². The number of Topliss-reactive ketones (excluding diaryl/α,β-unsaturated/α-hetero) is 1. The van der Waals surface area contributed by atoms with Crippen molar-refractivity contribution in [1.29, 1.82) is 0 Å². The van der Waals surface area contributed by atoms with Gasteiger partial charge in [-0.2, -0.15) is 0 Å². The first-order valence-corrected chi connectivity index (χ1v) is 6.90. The number of nitrogens with one attached hydrogen (secondary N) is 2. The van der Waals surface area contributed by atoms with Gasteiger partial charge in [-0.15, -0.1) is 0 Å². The van der Waals surface area contributed by atoms with E-state index in [-0.39, 0.29) is 30.4 Å². The molecule has 0 aliphatic heterocycles. The van der Waals surface area contributed by atoms with Crippen LogP contribution in [0.1, 0.15) is 19.8 Å². The molecule has 0 aromatic carbocycles. The first-order valence-electron chi connectivity index (χ1n) is 6.90. The fourth-order valence-corrected chi connectivity index (χ4v) is 1.70. The van der Waals surface area contributed by atoms with E-state index in [1.54, 1.807) is 6.92 Å². The first-order chi connectivity index (χ1) is 10.2. The van der Waals surface area contributed by atoms with Crippen LogP contribution < -0.4 is 10.6 Å².